The largest absolute Gasteiger partial charge is 0.462 e. The zero-order valence-corrected chi connectivity index (χ0v) is 17.1. The van der Waals surface area contributed by atoms with Gasteiger partial charge in [0.1, 0.15) is 0 Å². The van der Waals surface area contributed by atoms with Crippen LogP contribution in [0.4, 0.5) is 5.69 Å². The summed E-state index contributed by atoms with van der Waals surface area (Å²) >= 11 is 0. The lowest BCUT2D eigenvalue weighted by atomic mass is 9.82. The number of benzene rings is 1. The average molecular weight is 399 g/mol. The maximum Gasteiger partial charge on any atom is 0.338 e. The minimum Gasteiger partial charge on any atom is -0.462 e. The van der Waals surface area contributed by atoms with Crippen molar-refractivity contribution in [3.05, 3.63) is 29.8 Å². The minimum atomic E-state index is -0.373. The van der Waals surface area contributed by atoms with Crippen molar-refractivity contribution in [2.24, 2.45) is 11.8 Å². The van der Waals surface area contributed by atoms with E-state index in [0.29, 0.717) is 29.7 Å². The van der Waals surface area contributed by atoms with Crippen LogP contribution in [0.15, 0.2) is 24.3 Å². The van der Waals surface area contributed by atoms with Crippen LogP contribution in [-0.2, 0) is 14.3 Å². The minimum absolute atomic E-state index is 0.132. The van der Waals surface area contributed by atoms with Gasteiger partial charge in [0.05, 0.1) is 30.3 Å². The molecule has 2 saturated heterocycles. The molecule has 3 fully saturated rings. The fourth-order valence-electron chi connectivity index (χ4n) is 5.01. The van der Waals surface area contributed by atoms with Crippen LogP contribution in [0.2, 0.25) is 0 Å². The van der Waals surface area contributed by atoms with E-state index in [1.165, 1.54) is 30.6 Å². The molecule has 1 aromatic carbocycles. The number of amides is 2. The number of imide groups is 1. The van der Waals surface area contributed by atoms with Crippen LogP contribution in [0.3, 0.4) is 0 Å². The lowest BCUT2D eigenvalue weighted by molar-refractivity contribution is -0.122. The van der Waals surface area contributed by atoms with Crippen LogP contribution in [0, 0.1) is 11.8 Å². The Bertz CT molecular complexity index is 762. The molecule has 29 heavy (non-hydrogen) atoms. The van der Waals surface area contributed by atoms with Gasteiger partial charge in [-0.25, -0.2) is 9.69 Å². The van der Waals surface area contributed by atoms with Crippen molar-refractivity contribution in [2.75, 3.05) is 24.6 Å². The van der Waals surface area contributed by atoms with Crippen LogP contribution < -0.4 is 4.90 Å². The van der Waals surface area contributed by atoms with Gasteiger partial charge in [0.25, 0.3) is 5.91 Å². The highest BCUT2D eigenvalue weighted by atomic mass is 16.5. The Balaban J connectivity index is 1.42. The first-order valence-corrected chi connectivity index (χ1v) is 11.0. The van der Waals surface area contributed by atoms with E-state index < -0.39 is 0 Å². The molecule has 156 valence electrons. The number of fused-ring (bicyclic) bond motifs is 1. The molecule has 0 spiro atoms. The molecule has 4 rings (SSSR count). The van der Waals surface area contributed by atoms with Gasteiger partial charge in [0, 0.05) is 13.1 Å². The van der Waals surface area contributed by atoms with Gasteiger partial charge in [-0.2, -0.15) is 0 Å². The Morgan fingerprint density at radius 3 is 2.34 bits per heavy atom. The summed E-state index contributed by atoms with van der Waals surface area (Å²) in [7, 11) is 0. The normalized spacial score (nSPS) is 27.3. The van der Waals surface area contributed by atoms with Crippen LogP contribution in [0.5, 0.6) is 0 Å². The number of hydrogen-bond acceptors (Lipinski definition) is 5. The van der Waals surface area contributed by atoms with Crippen molar-refractivity contribution in [1.82, 2.24) is 4.90 Å². The smallest absolute Gasteiger partial charge is 0.338 e. The molecule has 2 heterocycles. The summed E-state index contributed by atoms with van der Waals surface area (Å²) in [4.78, 5) is 41.3. The topological polar surface area (TPSA) is 66.9 Å². The Kier molecular flexibility index (Phi) is 5.99. The summed E-state index contributed by atoms with van der Waals surface area (Å²) in [5.74, 6) is 0.694. The second-order valence-corrected chi connectivity index (χ2v) is 8.58. The first kappa shape index (κ1) is 20.1. The van der Waals surface area contributed by atoms with E-state index in [0.717, 1.165) is 25.9 Å². The highest BCUT2D eigenvalue weighted by Crippen LogP contribution is 2.38. The summed E-state index contributed by atoms with van der Waals surface area (Å²) in [5, 5.41) is 0. The SMILES string of the molecule is CCCCOC(=O)c1ccc(N2C(=O)C[C@H](N3C[C@@H]4CCCC[C@H]4C3)C2=O)cc1. The van der Waals surface area contributed by atoms with Gasteiger partial charge in [0.2, 0.25) is 5.91 Å². The molecule has 0 N–H and O–H groups in total. The zero-order valence-electron chi connectivity index (χ0n) is 17.1. The van der Waals surface area contributed by atoms with Crippen molar-refractivity contribution >= 4 is 23.5 Å². The quantitative estimate of drug-likeness (QED) is 0.417. The molecule has 3 aliphatic rings. The Hall–Kier alpha value is -2.21. The fraction of sp³-hybridized carbons (Fsp3) is 0.609. The van der Waals surface area contributed by atoms with E-state index in [9.17, 15) is 14.4 Å². The standard InChI is InChI=1S/C23H30N2O4/c1-2-3-12-29-23(28)16-8-10-19(11-9-16)25-21(26)13-20(22(25)27)24-14-17-6-4-5-7-18(17)15-24/h8-11,17-18,20H,2-7,12-15H2,1H3/t17-,18-,20-/m0/s1. The number of carbonyl (C=O) groups is 3. The number of nitrogens with zero attached hydrogens (tertiary/aromatic N) is 2. The van der Waals surface area contributed by atoms with Gasteiger partial charge < -0.3 is 4.74 Å². The monoisotopic (exact) mass is 398 g/mol. The molecule has 0 radical (unpaired) electrons. The van der Waals surface area contributed by atoms with Crippen molar-refractivity contribution in [1.29, 1.82) is 0 Å². The number of rotatable bonds is 6. The lowest BCUT2D eigenvalue weighted by Crippen LogP contribution is -2.41. The summed E-state index contributed by atoms with van der Waals surface area (Å²) in [5.41, 5.74) is 0.966. The molecular formula is C23H30N2O4. The molecule has 2 amide bonds. The highest BCUT2D eigenvalue weighted by Gasteiger charge is 2.46. The molecule has 1 aliphatic carbocycles. The van der Waals surface area contributed by atoms with E-state index >= 15 is 0 Å². The van der Waals surface area contributed by atoms with Crippen LogP contribution in [0.1, 0.15) is 62.2 Å². The molecule has 6 nitrogen and oxygen atoms in total. The van der Waals surface area contributed by atoms with Gasteiger partial charge in [-0.1, -0.05) is 26.2 Å². The molecule has 0 aromatic heterocycles. The van der Waals surface area contributed by atoms with Gasteiger partial charge in [-0.15, -0.1) is 0 Å². The van der Waals surface area contributed by atoms with E-state index in [4.69, 9.17) is 4.74 Å². The molecule has 0 bridgehead atoms. The lowest BCUT2D eigenvalue weighted by Gasteiger charge is -2.23. The summed E-state index contributed by atoms with van der Waals surface area (Å²) in [6.45, 7) is 4.31. The van der Waals surface area contributed by atoms with E-state index in [1.807, 2.05) is 6.92 Å². The van der Waals surface area contributed by atoms with Crippen molar-refractivity contribution in [3.63, 3.8) is 0 Å². The predicted molar refractivity (Wildman–Crippen MR) is 110 cm³/mol. The maximum atomic E-state index is 13.1. The van der Waals surface area contributed by atoms with Gasteiger partial charge in [-0.05, 0) is 55.4 Å². The van der Waals surface area contributed by atoms with Gasteiger partial charge in [-0.3, -0.25) is 14.5 Å². The third-order valence-corrected chi connectivity index (χ3v) is 6.66. The Morgan fingerprint density at radius 2 is 1.72 bits per heavy atom. The summed E-state index contributed by atoms with van der Waals surface area (Å²) in [6, 6.07) is 6.24. The molecule has 1 aromatic rings. The second kappa shape index (κ2) is 8.66. The Morgan fingerprint density at radius 1 is 1.07 bits per heavy atom. The molecular weight excluding hydrogens is 368 g/mol. The van der Waals surface area contributed by atoms with E-state index in [1.54, 1.807) is 24.3 Å². The van der Waals surface area contributed by atoms with Gasteiger partial charge >= 0.3 is 5.97 Å². The van der Waals surface area contributed by atoms with E-state index in [2.05, 4.69) is 4.90 Å². The number of esters is 1. The molecule has 0 unspecified atom stereocenters. The van der Waals surface area contributed by atoms with Crippen LogP contribution in [-0.4, -0.2) is 48.4 Å². The average Bonchev–Trinajstić information content (AvgIpc) is 3.28. The molecule has 6 heteroatoms. The second-order valence-electron chi connectivity index (χ2n) is 8.58. The van der Waals surface area contributed by atoms with E-state index in [-0.39, 0.29) is 30.2 Å². The number of carbonyl (C=O) groups excluding carboxylic acids is 3. The molecule has 3 atom stereocenters. The van der Waals surface area contributed by atoms with Crippen molar-refractivity contribution in [2.45, 2.75) is 57.9 Å². The first-order valence-electron chi connectivity index (χ1n) is 11.0. The number of ether oxygens (including phenoxy) is 1. The first-order chi connectivity index (χ1) is 14.1. The predicted octanol–water partition coefficient (Wildman–Crippen LogP) is 3.40. The third-order valence-electron chi connectivity index (χ3n) is 6.66. The fourth-order valence-corrected chi connectivity index (χ4v) is 5.01. The van der Waals surface area contributed by atoms with Gasteiger partial charge in [0.15, 0.2) is 0 Å². The van der Waals surface area contributed by atoms with Crippen LogP contribution in [0.25, 0.3) is 0 Å². The number of anilines is 1. The number of likely N-dealkylation sites (tertiary alicyclic amines) is 1. The highest BCUT2D eigenvalue weighted by molar-refractivity contribution is 6.22. The number of unbranched alkanes of at least 4 members (excludes halogenated alkanes) is 1. The summed E-state index contributed by atoms with van der Waals surface area (Å²) in [6.07, 6.45) is 7.10. The molecule has 2 aliphatic heterocycles. The Labute approximate surface area is 172 Å². The maximum absolute atomic E-state index is 13.1. The van der Waals surface area contributed by atoms with Crippen molar-refractivity contribution < 1.29 is 19.1 Å². The van der Waals surface area contributed by atoms with Crippen molar-refractivity contribution in [3.8, 4) is 0 Å². The molecule has 1 saturated carbocycles. The zero-order chi connectivity index (χ0) is 20.4. The third kappa shape index (κ3) is 4.08. The summed E-state index contributed by atoms with van der Waals surface area (Å²) < 4.78 is 5.21. The number of hydrogen-bond donors (Lipinski definition) is 0. The van der Waals surface area contributed by atoms with Crippen LogP contribution >= 0.6 is 0 Å².